The van der Waals surface area contributed by atoms with Crippen molar-refractivity contribution in [2.75, 3.05) is 177 Å². The highest BCUT2D eigenvalue weighted by atomic mass is 32.2. The molecule has 0 bridgehead atoms. The number of nitrogens with one attached hydrogen (secondary N) is 4. The van der Waals surface area contributed by atoms with Crippen molar-refractivity contribution in [2.24, 2.45) is 14.1 Å². The lowest BCUT2D eigenvalue weighted by Crippen LogP contribution is -2.44. The highest BCUT2D eigenvalue weighted by molar-refractivity contribution is 7.86. The van der Waals surface area contributed by atoms with Crippen LogP contribution in [0.15, 0.2) is 50.6 Å². The van der Waals surface area contributed by atoms with E-state index in [-0.39, 0.29) is 59.5 Å². The quantitative estimate of drug-likeness (QED) is 0.0453. The predicted octanol–water partition coefficient (Wildman–Crippen LogP) is 6.78. The molecule has 1 saturated carbocycles. The van der Waals surface area contributed by atoms with E-state index in [4.69, 9.17) is 73.8 Å². The predicted molar refractivity (Wildman–Crippen MR) is 549 cm³/mol. The van der Waals surface area contributed by atoms with E-state index in [2.05, 4.69) is 93.2 Å². The summed E-state index contributed by atoms with van der Waals surface area (Å²) in [6.07, 6.45) is 25.1. The summed E-state index contributed by atoms with van der Waals surface area (Å²) >= 11 is 0. The van der Waals surface area contributed by atoms with Gasteiger partial charge in [0.15, 0.2) is 11.6 Å². The molecule has 0 aromatic carbocycles. The van der Waals surface area contributed by atoms with Gasteiger partial charge in [-0.05, 0) is 141 Å². The number of rotatable bonds is 24. The van der Waals surface area contributed by atoms with Gasteiger partial charge < -0.3 is 92.8 Å². The summed E-state index contributed by atoms with van der Waals surface area (Å²) in [6.45, 7) is 23.7. The van der Waals surface area contributed by atoms with Gasteiger partial charge >= 0.3 is 0 Å². The summed E-state index contributed by atoms with van der Waals surface area (Å²) in [6, 6.07) is 1.64. The number of carbonyl (C=O) groups excluding carboxylic acids is 4. The highest BCUT2D eigenvalue weighted by Gasteiger charge is 2.40. The summed E-state index contributed by atoms with van der Waals surface area (Å²) in [5, 5.41) is 23.0. The largest absolute Gasteiger partial charge is 0.381 e. The lowest BCUT2D eigenvalue weighted by atomic mass is 9.95. The zero-order chi connectivity index (χ0) is 101. The summed E-state index contributed by atoms with van der Waals surface area (Å²) in [5.74, 6) is 11.2. The zero-order valence-electron chi connectivity index (χ0n) is 84.9. The molecular weight excluding hydrogens is 1940 g/mol. The second-order valence-electron chi connectivity index (χ2n) is 40.7. The van der Waals surface area contributed by atoms with Crippen LogP contribution in [0.25, 0.3) is 0 Å². The molecule has 5 saturated heterocycles. The van der Waals surface area contributed by atoms with Crippen molar-refractivity contribution >= 4 is 114 Å². The number of hydrogen-bond acceptors (Lipinski definition) is 35. The Kier molecular flexibility index (Phi) is 30.2. The zero-order valence-corrected chi connectivity index (χ0v) is 88.1. The number of ether oxygens (including phenoxy) is 4. The van der Waals surface area contributed by atoms with Gasteiger partial charge in [0.2, 0.25) is 23.8 Å². The van der Waals surface area contributed by atoms with Gasteiger partial charge in [0, 0.05) is 268 Å². The summed E-state index contributed by atoms with van der Waals surface area (Å²) in [5.41, 5.74) is 10.8. The van der Waals surface area contributed by atoms with E-state index in [1.165, 1.54) is 0 Å². The fourth-order valence-corrected chi connectivity index (χ4v) is 26.9. The van der Waals surface area contributed by atoms with Crippen molar-refractivity contribution < 1.29 is 55.0 Å². The topological polar surface area (TPSA) is 454 Å². The maximum Gasteiger partial charge on any atom is 0.274 e. The molecule has 780 valence electrons. The van der Waals surface area contributed by atoms with Gasteiger partial charge in [-0.25, -0.2) is 39.9 Å². The van der Waals surface area contributed by atoms with Crippen LogP contribution in [0.3, 0.4) is 0 Å². The van der Waals surface area contributed by atoms with Gasteiger partial charge in [0.25, 0.3) is 11.8 Å². The number of fused-ring (bicyclic) bond motifs is 8. The van der Waals surface area contributed by atoms with Crippen molar-refractivity contribution in [2.45, 2.75) is 264 Å². The average Bonchev–Trinajstić information content (AvgIpc) is 1.62. The molecule has 2 amide bonds. The van der Waals surface area contributed by atoms with Crippen LogP contribution in [0.2, 0.25) is 0 Å². The molecule has 10 aromatic rings. The monoisotopic (exact) mass is 2080 g/mol. The Balaban J connectivity index is 0.000000115. The van der Waals surface area contributed by atoms with Gasteiger partial charge in [-0.2, -0.15) is 30.1 Å². The van der Waals surface area contributed by atoms with Crippen LogP contribution >= 0.6 is 0 Å². The van der Waals surface area contributed by atoms with Gasteiger partial charge in [0.1, 0.15) is 88.9 Å². The molecule has 146 heavy (non-hydrogen) atoms. The molecule has 14 aliphatic rings. The maximum atomic E-state index is 13.2. The van der Waals surface area contributed by atoms with E-state index in [0.717, 1.165) is 256 Å². The van der Waals surface area contributed by atoms with Crippen LogP contribution in [0, 0.1) is 20.8 Å². The summed E-state index contributed by atoms with van der Waals surface area (Å²) < 4.78 is 84.7. The molecule has 5 unspecified atom stereocenters. The molecule has 23 heterocycles. The Bertz CT molecular complexity index is 6650. The number of piperidine rings is 1. The van der Waals surface area contributed by atoms with E-state index in [1.54, 1.807) is 4.68 Å². The van der Waals surface area contributed by atoms with Crippen LogP contribution in [-0.4, -0.2) is 325 Å². The highest BCUT2D eigenvalue weighted by Crippen LogP contribution is 2.40. The van der Waals surface area contributed by atoms with Crippen molar-refractivity contribution in [1.29, 1.82) is 0 Å². The number of Topliss-reactive ketones (excluding diaryl/α,β-unsaturated/α-hetero) is 2. The third kappa shape index (κ3) is 22.1. The van der Waals surface area contributed by atoms with Gasteiger partial charge in [-0.3, -0.25) is 45.4 Å². The van der Waals surface area contributed by atoms with Crippen molar-refractivity contribution in [3.05, 3.63) is 128 Å². The standard InChI is InChI=1S/2C26H34N8O3S.C25H36N8O3S.C22H29N7O3S/c1-16(19-13-32(3)31-17(19)2)12-22(35)21-14-33-7-8-34(15-23(33)28-21)26-29-20-6-11-38(36)24(20)25(30-26)27-18-4-9-37-10-5-18;1-16-19(17(2)32(3)31-16)4-5-22(35)21-14-33-9-10-34(15-23(33)28-21)26-29-20-8-13-38(36)24(20)25(30-26)27-18-6-11-37-12-7-18;1-30-8-3-18(4-9-30)31(2)24(34)20-15-32-10-11-33(16-21(32)27-20)25-28-19-7-14-37(35)22(19)23(29-25)26-17-5-12-36-13-6-17;1-27(15-2-3-15)21(30)17-12-28-7-8-29(13-18(28)24-17)22-25-16-6-11-33(31)19(16)20(26-22)23-14-4-9-32-10-5-14/h13-14,16,18H,4-12,15H2,1-3H3,(H,27,29,30);14,18H,4-13,15H2,1-3H3,(H,27,29,30);15,17-18H,3-14,16H2,1-2H3,(H,26,28,29);12,14-15H,2-11,13H2,1H3,(H,23,25,26). The number of aromatic nitrogens is 20. The number of hydrogen-bond donors (Lipinski definition) is 4. The Morgan fingerprint density at radius 2 is 0.712 bits per heavy atom. The van der Waals surface area contributed by atoms with Gasteiger partial charge in [-0.15, -0.1) is 0 Å². The molecule has 0 spiro atoms. The molecule has 5 atom stereocenters. The number of ketones is 2. The first-order valence-electron chi connectivity index (χ1n) is 51.8. The fourth-order valence-electron chi connectivity index (χ4n) is 21.7. The van der Waals surface area contributed by atoms with E-state index < -0.39 is 43.2 Å². The molecule has 1 aliphatic carbocycles. The molecule has 4 N–H and O–H groups in total. The van der Waals surface area contributed by atoms with E-state index in [0.29, 0.717) is 203 Å². The molecular formula is C99H133N31O12S4. The van der Waals surface area contributed by atoms with E-state index in [1.807, 2.05) is 94.4 Å². The molecule has 47 heteroatoms. The summed E-state index contributed by atoms with van der Waals surface area (Å²) in [4.78, 5) is 127. The second kappa shape index (κ2) is 43.8. The molecule has 13 aliphatic heterocycles. The molecule has 43 nitrogen and oxygen atoms in total. The first kappa shape index (κ1) is 101. The fraction of sp³-hybridized carbons (Fsp3) is 0.616. The maximum absolute atomic E-state index is 13.2. The Morgan fingerprint density at radius 1 is 0.390 bits per heavy atom. The number of carbonyl (C=O) groups is 4. The van der Waals surface area contributed by atoms with Crippen molar-refractivity contribution in [3.8, 4) is 0 Å². The van der Waals surface area contributed by atoms with Crippen LogP contribution < -0.4 is 40.9 Å². The van der Waals surface area contributed by atoms with Crippen LogP contribution in [0.4, 0.5) is 47.1 Å². The third-order valence-corrected chi connectivity index (χ3v) is 36.4. The normalized spacial score (nSPS) is 21.3. The lowest BCUT2D eigenvalue weighted by molar-refractivity contribution is 0.0653. The number of aryl methyl sites for hydroxylation is 8. The molecule has 10 aromatic heterocycles. The Morgan fingerprint density at radius 3 is 1.03 bits per heavy atom. The van der Waals surface area contributed by atoms with E-state index in [9.17, 15) is 36.0 Å². The van der Waals surface area contributed by atoms with Crippen molar-refractivity contribution in [1.82, 2.24) is 112 Å². The van der Waals surface area contributed by atoms with Gasteiger partial charge in [-0.1, -0.05) is 6.92 Å². The van der Waals surface area contributed by atoms with Crippen LogP contribution in [0.5, 0.6) is 0 Å². The molecule has 24 rings (SSSR count). The second-order valence-corrected chi connectivity index (χ2v) is 46.7. The van der Waals surface area contributed by atoms with Gasteiger partial charge in [0.05, 0.1) is 104 Å². The number of anilines is 8. The SMILES string of the molecule is CN(C(=O)c1cn2c(n1)CN(c1nc3c(c(NC4CCOCC4)n1)S(=O)CC3)CC2)C1CC1.CN1CCC(N(C)C(=O)c2cn3c(n2)CN(c2nc4c(c(NC5CCOCC5)n2)S(=O)CC4)CC3)CC1.Cc1nn(C)c(C)c1CCC(=O)c1cn2c(n1)CN(c1nc3c(c(NC4CCOCC4)n1)S(=O)CC3)CC2.Cc1nn(C)cc1C(C)CC(=O)c1cn2c(n1)CN(c1nc3c(c(NC4CCOCC4)n1)S(=O)CC3)CC2. The first-order chi connectivity index (χ1) is 70.7. The first-order valence-corrected chi connectivity index (χ1v) is 57.1. The van der Waals surface area contributed by atoms with E-state index >= 15 is 0 Å². The number of imidazole rings is 4. The number of nitrogens with zero attached hydrogens (tertiary/aromatic N) is 27. The minimum atomic E-state index is -1.08. The van der Waals surface area contributed by atoms with Crippen LogP contribution in [0.1, 0.15) is 219 Å². The van der Waals surface area contributed by atoms with Crippen molar-refractivity contribution in [3.63, 3.8) is 0 Å². The third-order valence-electron chi connectivity index (χ3n) is 30.6. The Labute approximate surface area is 858 Å². The summed E-state index contributed by atoms with van der Waals surface area (Å²) in [7, 11) is 5.42. The lowest BCUT2D eigenvalue weighted by Gasteiger charge is -2.34. The smallest absolute Gasteiger partial charge is 0.274 e. The minimum absolute atomic E-state index is 0.00911. The number of likely N-dealkylation sites (tertiary alicyclic amines) is 1. The number of amides is 2. The average molecular weight is 2080 g/mol. The molecule has 0 radical (unpaired) electrons. The molecule has 6 fully saturated rings. The van der Waals surface area contributed by atoms with Crippen LogP contribution in [-0.2, 0) is 161 Å². The minimum Gasteiger partial charge on any atom is -0.381 e. The Hall–Kier alpha value is -11.3.